The third-order valence-corrected chi connectivity index (χ3v) is 6.54. The van der Waals surface area contributed by atoms with Gasteiger partial charge >= 0.3 is 0 Å². The van der Waals surface area contributed by atoms with Gasteiger partial charge in [-0.2, -0.15) is 0 Å². The largest absolute Gasteiger partial charge is 0.494 e. The molecule has 2 atom stereocenters. The highest BCUT2D eigenvalue weighted by molar-refractivity contribution is 5.95. The fourth-order valence-electron chi connectivity index (χ4n) is 4.99. The molecule has 4 rings (SSSR count). The number of nitrogens with one attached hydrogen (secondary N) is 1. The van der Waals surface area contributed by atoms with Crippen LogP contribution in [0.4, 0.5) is 5.69 Å². The number of nitrogens with zero attached hydrogens (tertiary/aromatic N) is 1. The zero-order valence-electron chi connectivity index (χ0n) is 20.5. The Labute approximate surface area is 202 Å². The molecule has 1 aliphatic rings. The van der Waals surface area contributed by atoms with Crippen molar-refractivity contribution in [3.8, 4) is 11.5 Å². The molecule has 0 radical (unpaired) electrons. The second-order valence-corrected chi connectivity index (χ2v) is 9.12. The molecule has 34 heavy (non-hydrogen) atoms. The van der Waals surface area contributed by atoms with E-state index < -0.39 is 0 Å². The van der Waals surface area contributed by atoms with Crippen LogP contribution in [0.15, 0.2) is 66.7 Å². The minimum absolute atomic E-state index is 0.0858. The molecule has 1 saturated heterocycles. The van der Waals surface area contributed by atoms with E-state index in [-0.39, 0.29) is 18.0 Å². The second-order valence-electron chi connectivity index (χ2n) is 9.12. The van der Waals surface area contributed by atoms with Crippen LogP contribution in [0, 0.1) is 13.8 Å². The molecule has 1 fully saturated rings. The van der Waals surface area contributed by atoms with Gasteiger partial charge in [0.15, 0.2) is 0 Å². The summed E-state index contributed by atoms with van der Waals surface area (Å²) in [6.45, 7) is 4.78. The molecule has 1 aliphatic heterocycles. The third kappa shape index (κ3) is 5.36. The van der Waals surface area contributed by atoms with Gasteiger partial charge in [-0.3, -0.25) is 4.79 Å². The number of anilines is 1. The van der Waals surface area contributed by atoms with Crippen molar-refractivity contribution < 1.29 is 14.3 Å². The number of aryl methyl sites for hydroxylation is 2. The second kappa shape index (κ2) is 10.6. The Morgan fingerprint density at radius 1 is 0.941 bits per heavy atom. The summed E-state index contributed by atoms with van der Waals surface area (Å²) in [4.78, 5) is 15.7. The SMILES string of the molecule is COc1cccc(OC)c1N[C@H]1CCN(C(=O)c2cc(C)cc(C)c2)[C@@H](Cc2ccccc2)C1. The lowest BCUT2D eigenvalue weighted by molar-refractivity contribution is 0.0602. The van der Waals surface area contributed by atoms with E-state index in [0.717, 1.165) is 53.1 Å². The van der Waals surface area contributed by atoms with E-state index in [1.165, 1.54) is 5.56 Å². The van der Waals surface area contributed by atoms with Crippen molar-refractivity contribution >= 4 is 11.6 Å². The minimum atomic E-state index is 0.0858. The van der Waals surface area contributed by atoms with Gasteiger partial charge in [0.1, 0.15) is 17.2 Å². The Morgan fingerprint density at radius 3 is 2.21 bits per heavy atom. The number of benzene rings is 3. The number of likely N-dealkylation sites (tertiary alicyclic amines) is 1. The molecule has 0 bridgehead atoms. The number of amides is 1. The smallest absolute Gasteiger partial charge is 0.254 e. The zero-order valence-corrected chi connectivity index (χ0v) is 20.5. The monoisotopic (exact) mass is 458 g/mol. The fourth-order valence-corrected chi connectivity index (χ4v) is 4.99. The highest BCUT2D eigenvalue weighted by Gasteiger charge is 2.33. The van der Waals surface area contributed by atoms with Gasteiger partial charge in [0.2, 0.25) is 0 Å². The Balaban J connectivity index is 1.59. The van der Waals surface area contributed by atoms with Crippen LogP contribution in [-0.4, -0.2) is 43.7 Å². The first-order valence-electron chi connectivity index (χ1n) is 11.9. The van der Waals surface area contributed by atoms with E-state index in [1.807, 2.05) is 50.2 Å². The van der Waals surface area contributed by atoms with Crippen molar-refractivity contribution in [3.05, 3.63) is 89.0 Å². The first-order valence-corrected chi connectivity index (χ1v) is 11.9. The fraction of sp³-hybridized carbons (Fsp3) is 0.345. The first kappa shape index (κ1) is 23.7. The van der Waals surface area contributed by atoms with E-state index in [9.17, 15) is 4.79 Å². The van der Waals surface area contributed by atoms with E-state index >= 15 is 0 Å². The van der Waals surface area contributed by atoms with Gasteiger partial charge in [-0.05, 0) is 62.9 Å². The molecule has 0 aliphatic carbocycles. The molecule has 3 aromatic carbocycles. The van der Waals surface area contributed by atoms with Gasteiger partial charge in [0, 0.05) is 24.2 Å². The molecule has 1 amide bonds. The van der Waals surface area contributed by atoms with Crippen LogP contribution in [0.1, 0.15) is 39.9 Å². The molecule has 0 saturated carbocycles. The average molecular weight is 459 g/mol. The van der Waals surface area contributed by atoms with Crippen molar-refractivity contribution in [2.75, 3.05) is 26.1 Å². The number of piperidine rings is 1. The maximum absolute atomic E-state index is 13.6. The summed E-state index contributed by atoms with van der Waals surface area (Å²) in [5, 5.41) is 3.67. The molecule has 3 aromatic rings. The van der Waals surface area contributed by atoms with Crippen molar-refractivity contribution in [2.45, 2.75) is 45.2 Å². The summed E-state index contributed by atoms with van der Waals surface area (Å²) < 4.78 is 11.2. The number of hydrogen-bond donors (Lipinski definition) is 1. The number of hydrogen-bond acceptors (Lipinski definition) is 4. The number of carbonyl (C=O) groups is 1. The molecule has 0 spiro atoms. The predicted molar refractivity (Wildman–Crippen MR) is 137 cm³/mol. The van der Waals surface area contributed by atoms with Crippen molar-refractivity contribution in [2.24, 2.45) is 0 Å². The van der Waals surface area contributed by atoms with Crippen molar-refractivity contribution in [1.82, 2.24) is 4.90 Å². The maximum Gasteiger partial charge on any atom is 0.254 e. The Morgan fingerprint density at radius 2 is 1.59 bits per heavy atom. The Kier molecular flexibility index (Phi) is 7.41. The van der Waals surface area contributed by atoms with Crippen LogP contribution in [0.2, 0.25) is 0 Å². The van der Waals surface area contributed by atoms with Crippen LogP contribution in [0.3, 0.4) is 0 Å². The van der Waals surface area contributed by atoms with Gasteiger partial charge in [-0.15, -0.1) is 0 Å². The molecular weight excluding hydrogens is 424 g/mol. The van der Waals surface area contributed by atoms with Crippen LogP contribution in [0.5, 0.6) is 11.5 Å². The molecule has 1 N–H and O–H groups in total. The number of carbonyl (C=O) groups excluding carboxylic acids is 1. The van der Waals surface area contributed by atoms with E-state index in [0.29, 0.717) is 6.54 Å². The number of para-hydroxylation sites is 1. The molecule has 1 heterocycles. The van der Waals surface area contributed by atoms with E-state index in [2.05, 4.69) is 40.5 Å². The summed E-state index contributed by atoms with van der Waals surface area (Å²) >= 11 is 0. The van der Waals surface area contributed by atoms with Crippen molar-refractivity contribution in [3.63, 3.8) is 0 Å². The van der Waals surface area contributed by atoms with Gasteiger partial charge in [-0.1, -0.05) is 53.6 Å². The topological polar surface area (TPSA) is 50.8 Å². The van der Waals surface area contributed by atoms with Crippen LogP contribution in [0.25, 0.3) is 0 Å². The van der Waals surface area contributed by atoms with Crippen LogP contribution >= 0.6 is 0 Å². The Hall–Kier alpha value is -3.47. The summed E-state index contributed by atoms with van der Waals surface area (Å²) in [7, 11) is 3.34. The number of methoxy groups -OCH3 is 2. The summed E-state index contributed by atoms with van der Waals surface area (Å²) in [6, 6.07) is 22.6. The summed E-state index contributed by atoms with van der Waals surface area (Å²) in [6.07, 6.45) is 2.51. The molecule has 178 valence electrons. The van der Waals surface area contributed by atoms with Gasteiger partial charge in [0.25, 0.3) is 5.91 Å². The predicted octanol–water partition coefficient (Wildman–Crippen LogP) is 5.65. The lowest BCUT2D eigenvalue weighted by Crippen LogP contribution is -2.50. The minimum Gasteiger partial charge on any atom is -0.494 e. The van der Waals surface area contributed by atoms with Crippen LogP contribution < -0.4 is 14.8 Å². The zero-order chi connectivity index (χ0) is 24.1. The quantitative estimate of drug-likeness (QED) is 0.497. The van der Waals surface area contributed by atoms with Gasteiger partial charge in [-0.25, -0.2) is 0 Å². The van der Waals surface area contributed by atoms with Gasteiger partial charge < -0.3 is 19.7 Å². The first-order chi connectivity index (χ1) is 16.5. The van der Waals surface area contributed by atoms with Crippen molar-refractivity contribution in [1.29, 1.82) is 0 Å². The third-order valence-electron chi connectivity index (χ3n) is 6.54. The van der Waals surface area contributed by atoms with Gasteiger partial charge in [0.05, 0.1) is 14.2 Å². The molecule has 5 nitrogen and oxygen atoms in total. The maximum atomic E-state index is 13.6. The molecule has 0 unspecified atom stereocenters. The average Bonchev–Trinajstić information content (AvgIpc) is 2.84. The molecule has 5 heteroatoms. The number of rotatable bonds is 7. The molecule has 0 aromatic heterocycles. The normalized spacial score (nSPS) is 17.8. The Bertz CT molecular complexity index is 1090. The van der Waals surface area contributed by atoms with Crippen LogP contribution in [-0.2, 0) is 6.42 Å². The summed E-state index contributed by atoms with van der Waals surface area (Å²) in [5.41, 5.74) is 5.10. The lowest BCUT2D eigenvalue weighted by Gasteiger charge is -2.40. The highest BCUT2D eigenvalue weighted by Crippen LogP contribution is 2.36. The van der Waals surface area contributed by atoms with E-state index in [4.69, 9.17) is 9.47 Å². The highest BCUT2D eigenvalue weighted by atomic mass is 16.5. The lowest BCUT2D eigenvalue weighted by atomic mass is 9.91. The van der Waals surface area contributed by atoms with E-state index in [1.54, 1.807) is 14.2 Å². The number of ether oxygens (including phenoxy) is 2. The molecular formula is C29H34N2O3. The summed E-state index contributed by atoms with van der Waals surface area (Å²) in [5.74, 6) is 1.63. The standard InChI is InChI=1S/C29H34N2O3/c1-20-15-21(2)17-23(16-20)29(32)31-14-13-24(19-25(31)18-22-9-6-5-7-10-22)30-28-26(33-3)11-8-12-27(28)34-4/h5-12,15-17,24-25,30H,13-14,18-19H2,1-4H3/t24-,25-/m0/s1.